The quantitative estimate of drug-likeness (QED) is 0.574. The molecule has 146 valence electrons. The maximum absolute atomic E-state index is 6.21. The van der Waals surface area contributed by atoms with Crippen molar-refractivity contribution in [2.24, 2.45) is 0 Å². The second-order valence-corrected chi connectivity index (χ2v) is 6.58. The van der Waals surface area contributed by atoms with Gasteiger partial charge < -0.3 is 20.1 Å². The highest BCUT2D eigenvalue weighted by Gasteiger charge is 2.07. The fourth-order valence-corrected chi connectivity index (χ4v) is 2.96. The van der Waals surface area contributed by atoms with Crippen LogP contribution in [0.4, 0.5) is 11.6 Å². The Labute approximate surface area is 169 Å². The van der Waals surface area contributed by atoms with Gasteiger partial charge in [-0.25, -0.2) is 9.97 Å². The Kier molecular flexibility index (Phi) is 6.55. The van der Waals surface area contributed by atoms with Crippen LogP contribution in [0.1, 0.15) is 17.0 Å². The summed E-state index contributed by atoms with van der Waals surface area (Å²) < 4.78 is 10.6. The van der Waals surface area contributed by atoms with E-state index in [1.807, 2.05) is 55.5 Å². The van der Waals surface area contributed by atoms with Gasteiger partial charge in [0.05, 0.1) is 14.2 Å². The Morgan fingerprint density at radius 3 is 2.21 bits per heavy atom. The maximum Gasteiger partial charge on any atom is 0.161 e. The molecule has 2 aromatic carbocycles. The van der Waals surface area contributed by atoms with Gasteiger partial charge in [0.1, 0.15) is 17.5 Å². The summed E-state index contributed by atoms with van der Waals surface area (Å²) in [5, 5.41) is 7.36. The first kappa shape index (κ1) is 19.8. The van der Waals surface area contributed by atoms with E-state index in [2.05, 4.69) is 20.6 Å². The zero-order valence-corrected chi connectivity index (χ0v) is 16.9. The second-order valence-electron chi connectivity index (χ2n) is 6.17. The molecule has 0 amide bonds. The molecule has 3 rings (SSSR count). The highest BCUT2D eigenvalue weighted by atomic mass is 35.5. The topological polar surface area (TPSA) is 68.3 Å². The molecule has 0 spiro atoms. The van der Waals surface area contributed by atoms with Crippen molar-refractivity contribution in [1.82, 2.24) is 9.97 Å². The van der Waals surface area contributed by atoms with E-state index in [1.54, 1.807) is 14.2 Å². The maximum atomic E-state index is 6.21. The van der Waals surface area contributed by atoms with E-state index in [-0.39, 0.29) is 0 Å². The fourth-order valence-electron chi connectivity index (χ4n) is 2.76. The summed E-state index contributed by atoms with van der Waals surface area (Å²) in [5.74, 6) is 3.56. The molecule has 0 fully saturated rings. The van der Waals surface area contributed by atoms with Crippen LogP contribution in [0.2, 0.25) is 5.02 Å². The van der Waals surface area contributed by atoms with Crippen LogP contribution in [-0.4, -0.2) is 24.2 Å². The zero-order valence-electron chi connectivity index (χ0n) is 16.1. The average Bonchev–Trinajstić information content (AvgIpc) is 2.71. The zero-order chi connectivity index (χ0) is 19.9. The number of rotatable bonds is 8. The van der Waals surface area contributed by atoms with Gasteiger partial charge in [-0.3, -0.25) is 0 Å². The average molecular weight is 399 g/mol. The first-order chi connectivity index (χ1) is 13.6. The van der Waals surface area contributed by atoms with Crippen molar-refractivity contribution < 1.29 is 9.47 Å². The molecule has 0 saturated carbocycles. The van der Waals surface area contributed by atoms with E-state index in [9.17, 15) is 0 Å². The molecule has 3 aromatic rings. The summed E-state index contributed by atoms with van der Waals surface area (Å²) in [5.41, 5.74) is 2.07. The predicted octanol–water partition coefficient (Wildman–Crippen LogP) is 4.68. The van der Waals surface area contributed by atoms with Gasteiger partial charge in [0, 0.05) is 24.2 Å². The van der Waals surface area contributed by atoms with Crippen molar-refractivity contribution >= 4 is 23.2 Å². The number of nitrogens with one attached hydrogen (secondary N) is 2. The number of halogens is 1. The van der Waals surface area contributed by atoms with E-state index in [0.717, 1.165) is 27.8 Å². The molecule has 0 unspecified atom stereocenters. The van der Waals surface area contributed by atoms with Crippen LogP contribution in [0.25, 0.3) is 0 Å². The highest BCUT2D eigenvalue weighted by Crippen LogP contribution is 2.28. The molecule has 1 heterocycles. The molecule has 7 heteroatoms. The Morgan fingerprint density at radius 2 is 1.54 bits per heavy atom. The van der Waals surface area contributed by atoms with Gasteiger partial charge >= 0.3 is 0 Å². The lowest BCUT2D eigenvalue weighted by Gasteiger charge is -2.12. The van der Waals surface area contributed by atoms with Gasteiger partial charge in [-0.05, 0) is 36.2 Å². The normalized spacial score (nSPS) is 10.4. The molecule has 0 radical (unpaired) electrons. The number of anilines is 2. The van der Waals surface area contributed by atoms with E-state index >= 15 is 0 Å². The molecule has 0 saturated heterocycles. The number of benzene rings is 2. The summed E-state index contributed by atoms with van der Waals surface area (Å²) in [6, 6.07) is 15.4. The number of hydrogen-bond acceptors (Lipinski definition) is 6. The lowest BCUT2D eigenvalue weighted by Crippen LogP contribution is -2.07. The van der Waals surface area contributed by atoms with Gasteiger partial charge in [0.25, 0.3) is 0 Å². The SMILES string of the molecule is COc1ccc(CNc2cc(NCc3ccccc3Cl)nc(C)n2)cc1OC. The minimum Gasteiger partial charge on any atom is -0.493 e. The minimum absolute atomic E-state index is 0.589. The van der Waals surface area contributed by atoms with Crippen LogP contribution in [-0.2, 0) is 13.1 Å². The third-order valence-corrected chi connectivity index (χ3v) is 4.55. The van der Waals surface area contributed by atoms with E-state index in [4.69, 9.17) is 21.1 Å². The Bertz CT molecular complexity index is 949. The third kappa shape index (κ3) is 5.04. The van der Waals surface area contributed by atoms with Gasteiger partial charge in [0.15, 0.2) is 11.5 Å². The first-order valence-electron chi connectivity index (χ1n) is 8.87. The number of methoxy groups -OCH3 is 2. The van der Waals surface area contributed by atoms with E-state index in [1.165, 1.54) is 0 Å². The number of aromatic nitrogens is 2. The van der Waals surface area contributed by atoms with Crippen molar-refractivity contribution in [2.45, 2.75) is 20.0 Å². The molecule has 0 aliphatic rings. The van der Waals surface area contributed by atoms with Crippen LogP contribution >= 0.6 is 11.6 Å². The monoisotopic (exact) mass is 398 g/mol. The van der Waals surface area contributed by atoms with Gasteiger partial charge in [-0.1, -0.05) is 35.9 Å². The molecule has 0 bridgehead atoms. The summed E-state index contributed by atoms with van der Waals surface area (Å²) in [6.07, 6.45) is 0. The van der Waals surface area contributed by atoms with Crippen molar-refractivity contribution in [3.63, 3.8) is 0 Å². The molecule has 6 nitrogen and oxygen atoms in total. The second kappa shape index (κ2) is 9.28. The standard InChI is InChI=1S/C21H23ClN4O2/c1-14-25-20(23-12-15-8-9-18(27-2)19(10-15)28-3)11-21(26-14)24-13-16-6-4-5-7-17(16)22/h4-11H,12-13H2,1-3H3,(H2,23,24,25,26). The van der Waals surface area contributed by atoms with Crippen LogP contribution in [0.15, 0.2) is 48.5 Å². The van der Waals surface area contributed by atoms with E-state index in [0.29, 0.717) is 30.4 Å². The Morgan fingerprint density at radius 1 is 0.857 bits per heavy atom. The number of nitrogens with zero attached hydrogens (tertiary/aromatic N) is 2. The lowest BCUT2D eigenvalue weighted by molar-refractivity contribution is 0.354. The Hall–Kier alpha value is -2.99. The molecule has 0 aliphatic carbocycles. The molecule has 2 N–H and O–H groups in total. The van der Waals surface area contributed by atoms with Crippen molar-refractivity contribution in [1.29, 1.82) is 0 Å². The van der Waals surface area contributed by atoms with Crippen LogP contribution in [0, 0.1) is 6.92 Å². The molecule has 1 aromatic heterocycles. The minimum atomic E-state index is 0.589. The fraction of sp³-hybridized carbons (Fsp3) is 0.238. The number of ether oxygens (including phenoxy) is 2. The van der Waals surface area contributed by atoms with Gasteiger partial charge in [-0.15, -0.1) is 0 Å². The largest absolute Gasteiger partial charge is 0.493 e. The van der Waals surface area contributed by atoms with E-state index < -0.39 is 0 Å². The van der Waals surface area contributed by atoms with Crippen LogP contribution < -0.4 is 20.1 Å². The highest BCUT2D eigenvalue weighted by molar-refractivity contribution is 6.31. The van der Waals surface area contributed by atoms with Crippen molar-refractivity contribution in [2.75, 3.05) is 24.9 Å². The number of aryl methyl sites for hydroxylation is 1. The summed E-state index contributed by atoms with van der Waals surface area (Å²) in [7, 11) is 3.25. The Balaban J connectivity index is 1.67. The number of hydrogen-bond donors (Lipinski definition) is 2. The summed E-state index contributed by atoms with van der Waals surface area (Å²) in [6.45, 7) is 3.05. The van der Waals surface area contributed by atoms with Gasteiger partial charge in [0.2, 0.25) is 0 Å². The molecule has 0 aliphatic heterocycles. The molecular formula is C21H23ClN4O2. The van der Waals surface area contributed by atoms with Crippen LogP contribution in [0.3, 0.4) is 0 Å². The summed E-state index contributed by atoms with van der Waals surface area (Å²) >= 11 is 6.21. The first-order valence-corrected chi connectivity index (χ1v) is 9.24. The lowest BCUT2D eigenvalue weighted by atomic mass is 10.2. The van der Waals surface area contributed by atoms with Crippen LogP contribution in [0.5, 0.6) is 11.5 Å². The van der Waals surface area contributed by atoms with Gasteiger partial charge in [-0.2, -0.15) is 0 Å². The third-order valence-electron chi connectivity index (χ3n) is 4.18. The summed E-state index contributed by atoms with van der Waals surface area (Å²) in [4.78, 5) is 8.90. The smallest absolute Gasteiger partial charge is 0.161 e. The predicted molar refractivity (Wildman–Crippen MR) is 112 cm³/mol. The molecule has 0 atom stereocenters. The molecular weight excluding hydrogens is 376 g/mol. The van der Waals surface area contributed by atoms with Crippen molar-refractivity contribution in [3.8, 4) is 11.5 Å². The molecule has 28 heavy (non-hydrogen) atoms. The van der Waals surface area contributed by atoms with Crippen molar-refractivity contribution in [3.05, 3.63) is 70.5 Å².